The van der Waals surface area contributed by atoms with E-state index in [1.165, 1.54) is 0 Å². The zero-order valence-electron chi connectivity index (χ0n) is 20.6. The summed E-state index contributed by atoms with van der Waals surface area (Å²) in [6.45, 7) is 6.50. The van der Waals surface area contributed by atoms with E-state index in [0.29, 0.717) is 20.1 Å². The molecular formula is C27H29Cl4N5. The molecule has 0 N–H and O–H groups in total. The van der Waals surface area contributed by atoms with E-state index in [4.69, 9.17) is 51.4 Å². The number of aromatic nitrogens is 4. The van der Waals surface area contributed by atoms with Crippen molar-refractivity contribution in [3.63, 3.8) is 0 Å². The van der Waals surface area contributed by atoms with Crippen LogP contribution in [0, 0.1) is 5.41 Å². The molecule has 1 aromatic heterocycles. The number of allylic oxidation sites excluding steroid dienone is 1. The number of hydrogen-bond donors (Lipinski definition) is 0. The molecule has 36 heavy (non-hydrogen) atoms. The summed E-state index contributed by atoms with van der Waals surface area (Å²) in [5.74, 6) is 0.760. The zero-order chi connectivity index (χ0) is 25.9. The fraction of sp³-hybridized carbons (Fsp3) is 0.407. The zero-order valence-corrected chi connectivity index (χ0v) is 23.6. The molecule has 1 aliphatic carbocycles. The maximum Gasteiger partial charge on any atom is 0.179 e. The number of hydrogen-bond acceptors (Lipinski definition) is 4. The van der Waals surface area contributed by atoms with Crippen molar-refractivity contribution in [2.75, 3.05) is 0 Å². The lowest BCUT2D eigenvalue weighted by Gasteiger charge is -2.35. The molecule has 190 valence electrons. The van der Waals surface area contributed by atoms with Crippen LogP contribution in [0.25, 0.3) is 6.08 Å². The summed E-state index contributed by atoms with van der Waals surface area (Å²) in [5, 5.41) is 15.5. The lowest BCUT2D eigenvalue weighted by atomic mass is 9.80. The molecule has 0 amide bonds. The monoisotopic (exact) mass is 563 g/mol. The van der Waals surface area contributed by atoms with Crippen molar-refractivity contribution < 1.29 is 0 Å². The Kier molecular flexibility index (Phi) is 8.45. The van der Waals surface area contributed by atoms with E-state index in [1.807, 2.05) is 41.2 Å². The highest BCUT2D eigenvalue weighted by Gasteiger charge is 2.41. The molecular weight excluding hydrogens is 536 g/mol. The number of rotatable bonds is 6. The Morgan fingerprint density at radius 3 is 2.11 bits per heavy atom. The summed E-state index contributed by atoms with van der Waals surface area (Å²) in [6.07, 6.45) is 10.9. The van der Waals surface area contributed by atoms with Gasteiger partial charge < -0.3 is 0 Å². The number of nitrogens with zero attached hydrogens (tertiary/aromatic N) is 5. The Labute approximate surface area is 232 Å². The molecule has 1 heterocycles. The van der Waals surface area contributed by atoms with Gasteiger partial charge in [-0.25, -0.2) is 4.68 Å². The van der Waals surface area contributed by atoms with Crippen molar-refractivity contribution in [3.8, 4) is 0 Å². The maximum absolute atomic E-state index is 6.43. The highest BCUT2D eigenvalue weighted by atomic mass is 35.5. The van der Waals surface area contributed by atoms with Crippen LogP contribution in [0.2, 0.25) is 20.1 Å². The van der Waals surface area contributed by atoms with E-state index in [-0.39, 0.29) is 11.5 Å². The van der Waals surface area contributed by atoms with Crippen LogP contribution in [0.1, 0.15) is 75.9 Å². The molecule has 1 fully saturated rings. The SMILES string of the molecule is CC(C)(C)[C@@H](/C=C\c1ccc(Cl)cc1Cl)n1nnnc1C1(N=Cc2ccc(Cl)cc2Cl)CCCCC1. The minimum atomic E-state index is -0.542. The number of halogens is 4. The van der Waals surface area contributed by atoms with Gasteiger partial charge in [-0.05, 0) is 58.5 Å². The highest BCUT2D eigenvalue weighted by molar-refractivity contribution is 6.36. The Hall–Kier alpha value is -1.92. The standard InChI is InChI=1S/C27H29Cl4N5/c1-26(2,3)24(12-9-18-7-10-20(28)15-22(18)30)36-25(33-34-35-36)27(13-5-4-6-14-27)32-17-19-8-11-21(29)16-23(19)31/h7-12,15-17,24H,4-6,13-14H2,1-3H3/b12-9-,32-17?/t24-/m1/s1. The Morgan fingerprint density at radius 2 is 1.53 bits per heavy atom. The van der Waals surface area contributed by atoms with Crippen LogP contribution in [0.5, 0.6) is 0 Å². The molecule has 0 bridgehead atoms. The normalized spacial score (nSPS) is 17.2. The first-order valence-corrected chi connectivity index (χ1v) is 13.5. The predicted molar refractivity (Wildman–Crippen MR) is 151 cm³/mol. The average Bonchev–Trinajstić information content (AvgIpc) is 3.30. The highest BCUT2D eigenvalue weighted by Crippen LogP contribution is 2.42. The summed E-state index contributed by atoms with van der Waals surface area (Å²) in [5.41, 5.74) is 0.973. The van der Waals surface area contributed by atoms with E-state index < -0.39 is 5.54 Å². The summed E-state index contributed by atoms with van der Waals surface area (Å²) in [7, 11) is 0. The fourth-order valence-electron chi connectivity index (χ4n) is 4.60. The molecule has 4 rings (SSSR count). The van der Waals surface area contributed by atoms with Gasteiger partial charge in [-0.2, -0.15) is 0 Å². The maximum atomic E-state index is 6.43. The van der Waals surface area contributed by atoms with Crippen molar-refractivity contribution in [1.29, 1.82) is 0 Å². The summed E-state index contributed by atoms with van der Waals surface area (Å²) in [6, 6.07) is 10.8. The second kappa shape index (κ2) is 11.2. The lowest BCUT2D eigenvalue weighted by Crippen LogP contribution is -2.35. The minimum absolute atomic E-state index is 0.137. The van der Waals surface area contributed by atoms with Gasteiger partial charge >= 0.3 is 0 Å². The molecule has 0 saturated heterocycles. The number of aliphatic imine (C=N–C) groups is 1. The molecule has 9 heteroatoms. The third kappa shape index (κ3) is 6.13. The van der Waals surface area contributed by atoms with Crippen LogP contribution in [-0.4, -0.2) is 26.4 Å². The van der Waals surface area contributed by atoms with Crippen LogP contribution in [0.4, 0.5) is 0 Å². The number of benzene rings is 2. The van der Waals surface area contributed by atoms with Gasteiger partial charge in [-0.1, -0.05) is 111 Å². The second-order valence-electron chi connectivity index (χ2n) is 10.3. The predicted octanol–water partition coefficient (Wildman–Crippen LogP) is 8.87. The Balaban J connectivity index is 1.75. The van der Waals surface area contributed by atoms with Crippen LogP contribution in [0.3, 0.4) is 0 Å². The van der Waals surface area contributed by atoms with Crippen LogP contribution in [-0.2, 0) is 5.54 Å². The molecule has 0 spiro atoms. The van der Waals surface area contributed by atoms with Crippen LogP contribution >= 0.6 is 46.4 Å². The Bertz CT molecular complexity index is 1270. The van der Waals surface area contributed by atoms with Crippen molar-refractivity contribution in [2.24, 2.45) is 10.4 Å². The van der Waals surface area contributed by atoms with Crippen molar-refractivity contribution in [3.05, 3.63) is 79.5 Å². The summed E-state index contributed by atoms with van der Waals surface area (Å²) >= 11 is 25.0. The van der Waals surface area contributed by atoms with E-state index in [1.54, 1.807) is 12.1 Å². The third-order valence-electron chi connectivity index (χ3n) is 6.57. The van der Waals surface area contributed by atoms with Crippen molar-refractivity contribution in [2.45, 2.75) is 64.5 Å². The fourth-order valence-corrected chi connectivity index (χ4v) is 5.53. The third-order valence-corrected chi connectivity index (χ3v) is 7.70. The smallest absolute Gasteiger partial charge is 0.179 e. The average molecular weight is 565 g/mol. The molecule has 1 aliphatic rings. The van der Waals surface area contributed by atoms with Gasteiger partial charge in [0.25, 0.3) is 0 Å². The quantitative estimate of drug-likeness (QED) is 0.281. The molecule has 3 aromatic rings. The first-order chi connectivity index (χ1) is 17.1. The molecule has 0 aliphatic heterocycles. The molecule has 1 atom stereocenters. The number of tetrazole rings is 1. The topological polar surface area (TPSA) is 56.0 Å². The van der Waals surface area contributed by atoms with Gasteiger partial charge in [-0.15, -0.1) is 5.10 Å². The van der Waals surface area contributed by atoms with E-state index in [2.05, 4.69) is 42.4 Å². The molecule has 2 aromatic carbocycles. The van der Waals surface area contributed by atoms with Gasteiger partial charge in [0.2, 0.25) is 0 Å². The molecule has 1 saturated carbocycles. The van der Waals surface area contributed by atoms with Crippen LogP contribution < -0.4 is 0 Å². The van der Waals surface area contributed by atoms with Gasteiger partial charge in [0.1, 0.15) is 5.54 Å². The van der Waals surface area contributed by atoms with E-state index in [0.717, 1.165) is 49.1 Å². The van der Waals surface area contributed by atoms with Crippen LogP contribution in [0.15, 0.2) is 47.5 Å². The second-order valence-corrected chi connectivity index (χ2v) is 12.0. The molecule has 0 radical (unpaired) electrons. The first-order valence-electron chi connectivity index (χ1n) is 12.0. The van der Waals surface area contributed by atoms with E-state index in [9.17, 15) is 0 Å². The van der Waals surface area contributed by atoms with Gasteiger partial charge in [0.05, 0.1) is 11.1 Å². The largest absolute Gasteiger partial charge is 0.278 e. The first kappa shape index (κ1) is 27.1. The summed E-state index contributed by atoms with van der Waals surface area (Å²) < 4.78 is 1.92. The minimum Gasteiger partial charge on any atom is -0.278 e. The van der Waals surface area contributed by atoms with Crippen molar-refractivity contribution >= 4 is 58.7 Å². The molecule has 0 unspecified atom stereocenters. The van der Waals surface area contributed by atoms with Gasteiger partial charge in [0, 0.05) is 26.8 Å². The van der Waals surface area contributed by atoms with Crippen molar-refractivity contribution in [1.82, 2.24) is 20.2 Å². The van der Waals surface area contributed by atoms with Gasteiger partial charge in [-0.3, -0.25) is 4.99 Å². The Morgan fingerprint density at radius 1 is 0.917 bits per heavy atom. The van der Waals surface area contributed by atoms with Gasteiger partial charge in [0.15, 0.2) is 5.82 Å². The lowest BCUT2D eigenvalue weighted by molar-refractivity contribution is 0.228. The molecule has 5 nitrogen and oxygen atoms in total. The summed E-state index contributed by atoms with van der Waals surface area (Å²) in [4.78, 5) is 5.11. The van der Waals surface area contributed by atoms with E-state index >= 15 is 0 Å².